The highest BCUT2D eigenvalue weighted by molar-refractivity contribution is 5.92. The molecule has 0 heterocycles. The Bertz CT molecular complexity index is 382. The maximum absolute atomic E-state index is 10.9. The summed E-state index contributed by atoms with van der Waals surface area (Å²) in [6, 6.07) is 7.62. The molecule has 0 aromatic heterocycles. The monoisotopic (exact) mass is 232 g/mol. The Morgan fingerprint density at radius 3 is 2.59 bits per heavy atom. The fraction of sp³-hybridized carbons (Fsp3) is 0.357. The minimum Gasteiger partial charge on any atom is -0.366 e. The van der Waals surface area contributed by atoms with Crippen LogP contribution in [0.2, 0.25) is 0 Å². The van der Waals surface area contributed by atoms with Crippen LogP contribution in [-0.2, 0) is 0 Å². The number of amides is 1. The summed E-state index contributed by atoms with van der Waals surface area (Å²) >= 11 is 0. The molecule has 17 heavy (non-hydrogen) atoms. The third-order valence-corrected chi connectivity index (χ3v) is 2.49. The van der Waals surface area contributed by atoms with Gasteiger partial charge in [-0.1, -0.05) is 31.2 Å². The molecule has 0 saturated carbocycles. The molecule has 1 rings (SSSR count). The summed E-state index contributed by atoms with van der Waals surface area (Å²) in [5.74, 6) is -0.390. The highest BCUT2D eigenvalue weighted by Crippen LogP contribution is 2.06. The van der Waals surface area contributed by atoms with E-state index in [0.29, 0.717) is 11.6 Å². The van der Waals surface area contributed by atoms with Crippen molar-refractivity contribution >= 4 is 12.0 Å². The average Bonchev–Trinajstić information content (AvgIpc) is 2.34. The van der Waals surface area contributed by atoms with Gasteiger partial charge in [-0.3, -0.25) is 4.79 Å². The molecule has 1 amide bonds. The van der Waals surface area contributed by atoms with Crippen LogP contribution in [0.1, 0.15) is 36.2 Å². The first kappa shape index (κ1) is 13.5. The summed E-state index contributed by atoms with van der Waals surface area (Å²) < 4.78 is 0. The quantitative estimate of drug-likeness (QED) is 0.790. The Hall–Kier alpha value is -1.61. The minimum absolute atomic E-state index is 0.353. The van der Waals surface area contributed by atoms with Gasteiger partial charge in [0.2, 0.25) is 5.91 Å². The number of rotatable bonds is 6. The van der Waals surface area contributed by atoms with Gasteiger partial charge in [-0.2, -0.15) is 0 Å². The molecular formula is C14H20N2O. The molecule has 0 bridgehead atoms. The molecule has 0 aliphatic carbocycles. The normalized spacial score (nSPS) is 12.8. The van der Waals surface area contributed by atoms with Crippen molar-refractivity contribution in [3.63, 3.8) is 0 Å². The number of hydrogen-bond acceptors (Lipinski definition) is 2. The average molecular weight is 232 g/mol. The van der Waals surface area contributed by atoms with Crippen molar-refractivity contribution in [2.75, 3.05) is 6.54 Å². The second kappa shape index (κ2) is 6.86. The number of hydrogen-bond donors (Lipinski definition) is 2. The van der Waals surface area contributed by atoms with E-state index in [-0.39, 0.29) is 0 Å². The topological polar surface area (TPSA) is 55.1 Å². The van der Waals surface area contributed by atoms with Gasteiger partial charge in [0.1, 0.15) is 0 Å². The predicted molar refractivity (Wildman–Crippen MR) is 71.7 cm³/mol. The SMILES string of the molecule is CCCNC(C)/C=C/c1ccc(C(N)=O)cc1. The zero-order chi connectivity index (χ0) is 12.7. The van der Waals surface area contributed by atoms with E-state index < -0.39 is 5.91 Å². The number of nitrogens with one attached hydrogen (secondary N) is 1. The minimum atomic E-state index is -0.390. The zero-order valence-corrected chi connectivity index (χ0v) is 10.4. The molecule has 0 radical (unpaired) electrons. The summed E-state index contributed by atoms with van der Waals surface area (Å²) in [5.41, 5.74) is 6.78. The Morgan fingerprint density at radius 2 is 2.06 bits per heavy atom. The maximum atomic E-state index is 10.9. The van der Waals surface area contributed by atoms with E-state index in [1.807, 2.05) is 18.2 Å². The number of carbonyl (C=O) groups is 1. The fourth-order valence-electron chi connectivity index (χ4n) is 1.45. The molecule has 3 nitrogen and oxygen atoms in total. The number of benzene rings is 1. The van der Waals surface area contributed by atoms with Crippen LogP contribution in [0.3, 0.4) is 0 Å². The first-order valence-electron chi connectivity index (χ1n) is 5.95. The van der Waals surface area contributed by atoms with Gasteiger partial charge in [-0.15, -0.1) is 0 Å². The van der Waals surface area contributed by atoms with Gasteiger partial charge in [0, 0.05) is 11.6 Å². The molecule has 92 valence electrons. The van der Waals surface area contributed by atoms with Crippen molar-refractivity contribution in [2.45, 2.75) is 26.3 Å². The first-order chi connectivity index (χ1) is 8.13. The number of nitrogens with two attached hydrogens (primary N) is 1. The Balaban J connectivity index is 2.56. The van der Waals surface area contributed by atoms with Crippen molar-refractivity contribution in [2.24, 2.45) is 5.73 Å². The molecule has 1 aromatic rings. The van der Waals surface area contributed by atoms with E-state index in [9.17, 15) is 4.79 Å². The lowest BCUT2D eigenvalue weighted by Gasteiger charge is -2.07. The summed E-state index contributed by atoms with van der Waals surface area (Å²) in [5, 5.41) is 3.37. The van der Waals surface area contributed by atoms with Crippen molar-refractivity contribution in [3.8, 4) is 0 Å². The van der Waals surface area contributed by atoms with Gasteiger partial charge in [0.15, 0.2) is 0 Å². The van der Waals surface area contributed by atoms with Crippen LogP contribution in [0, 0.1) is 0 Å². The molecule has 1 atom stereocenters. The van der Waals surface area contributed by atoms with Crippen LogP contribution in [0.25, 0.3) is 6.08 Å². The highest BCUT2D eigenvalue weighted by atomic mass is 16.1. The molecule has 0 spiro atoms. The van der Waals surface area contributed by atoms with E-state index in [4.69, 9.17) is 5.73 Å². The smallest absolute Gasteiger partial charge is 0.248 e. The predicted octanol–water partition coefficient (Wildman–Crippen LogP) is 2.19. The van der Waals surface area contributed by atoms with Crippen molar-refractivity contribution in [1.29, 1.82) is 0 Å². The van der Waals surface area contributed by atoms with Crippen LogP contribution < -0.4 is 11.1 Å². The van der Waals surface area contributed by atoms with E-state index in [0.717, 1.165) is 18.5 Å². The van der Waals surface area contributed by atoms with Gasteiger partial charge in [-0.05, 0) is 37.6 Å². The van der Waals surface area contributed by atoms with E-state index in [1.54, 1.807) is 12.1 Å². The molecule has 1 aromatic carbocycles. The Kier molecular flexibility index (Phi) is 5.43. The summed E-state index contributed by atoms with van der Waals surface area (Å²) in [4.78, 5) is 10.9. The molecule has 0 aliphatic heterocycles. The van der Waals surface area contributed by atoms with Crippen LogP contribution in [0.4, 0.5) is 0 Å². The van der Waals surface area contributed by atoms with Gasteiger partial charge in [0.05, 0.1) is 0 Å². The van der Waals surface area contributed by atoms with E-state index in [2.05, 4.69) is 25.2 Å². The van der Waals surface area contributed by atoms with Gasteiger partial charge < -0.3 is 11.1 Å². The number of carbonyl (C=O) groups excluding carboxylic acids is 1. The first-order valence-corrected chi connectivity index (χ1v) is 5.95. The van der Waals surface area contributed by atoms with Gasteiger partial charge in [-0.25, -0.2) is 0 Å². The zero-order valence-electron chi connectivity index (χ0n) is 10.4. The highest BCUT2D eigenvalue weighted by Gasteiger charge is 1.98. The third kappa shape index (κ3) is 4.83. The Labute approximate surface area is 103 Å². The molecule has 0 saturated heterocycles. The van der Waals surface area contributed by atoms with Crippen LogP contribution in [-0.4, -0.2) is 18.5 Å². The van der Waals surface area contributed by atoms with Crippen molar-refractivity contribution in [3.05, 3.63) is 41.5 Å². The lowest BCUT2D eigenvalue weighted by Crippen LogP contribution is -2.24. The summed E-state index contributed by atoms with van der Waals surface area (Å²) in [6.45, 7) is 5.28. The van der Waals surface area contributed by atoms with Crippen LogP contribution >= 0.6 is 0 Å². The van der Waals surface area contributed by atoms with E-state index in [1.165, 1.54) is 0 Å². The fourth-order valence-corrected chi connectivity index (χ4v) is 1.45. The maximum Gasteiger partial charge on any atom is 0.248 e. The molecule has 1 unspecified atom stereocenters. The molecule has 0 fully saturated rings. The van der Waals surface area contributed by atoms with Crippen molar-refractivity contribution < 1.29 is 4.79 Å². The second-order valence-corrected chi connectivity index (χ2v) is 4.09. The van der Waals surface area contributed by atoms with Gasteiger partial charge >= 0.3 is 0 Å². The summed E-state index contributed by atoms with van der Waals surface area (Å²) in [6.07, 6.45) is 5.28. The molecule has 3 heteroatoms. The lowest BCUT2D eigenvalue weighted by atomic mass is 10.1. The molecule has 0 aliphatic rings. The van der Waals surface area contributed by atoms with Crippen LogP contribution in [0.15, 0.2) is 30.3 Å². The van der Waals surface area contributed by atoms with Crippen molar-refractivity contribution in [1.82, 2.24) is 5.32 Å². The third-order valence-electron chi connectivity index (χ3n) is 2.49. The molecular weight excluding hydrogens is 212 g/mol. The Morgan fingerprint density at radius 1 is 1.41 bits per heavy atom. The molecule has 3 N–H and O–H groups in total. The second-order valence-electron chi connectivity index (χ2n) is 4.09. The van der Waals surface area contributed by atoms with Gasteiger partial charge in [0.25, 0.3) is 0 Å². The lowest BCUT2D eigenvalue weighted by molar-refractivity contribution is 0.100. The summed E-state index contributed by atoms with van der Waals surface area (Å²) in [7, 11) is 0. The number of primary amides is 1. The van der Waals surface area contributed by atoms with E-state index >= 15 is 0 Å². The van der Waals surface area contributed by atoms with Crippen LogP contribution in [0.5, 0.6) is 0 Å². The largest absolute Gasteiger partial charge is 0.366 e. The standard InChI is InChI=1S/C14H20N2O/c1-3-10-16-11(2)4-5-12-6-8-13(9-7-12)14(15)17/h4-9,11,16H,3,10H2,1-2H3,(H2,15,17)/b5-4+.